The highest BCUT2D eigenvalue weighted by Crippen LogP contribution is 2.31. The first-order chi connectivity index (χ1) is 11.7. The number of methoxy groups -OCH3 is 1. The number of carbonyl (C=O) groups is 2. The molecule has 0 radical (unpaired) electrons. The first-order valence-corrected chi connectivity index (χ1v) is 7.81. The molecule has 7 heteroatoms. The molecule has 0 spiro atoms. The van der Waals surface area contributed by atoms with Crippen LogP contribution in [0.2, 0.25) is 0 Å². The van der Waals surface area contributed by atoms with Crippen molar-refractivity contribution in [2.75, 3.05) is 12.4 Å². The van der Waals surface area contributed by atoms with Gasteiger partial charge in [-0.15, -0.1) is 0 Å². The van der Waals surface area contributed by atoms with E-state index in [0.29, 0.717) is 22.7 Å². The Bertz CT molecular complexity index is 797. The molecular weight excluding hydrogens is 320 g/mol. The quantitative estimate of drug-likeness (QED) is 0.865. The van der Waals surface area contributed by atoms with Crippen molar-refractivity contribution in [3.05, 3.63) is 47.5 Å². The summed E-state index contributed by atoms with van der Waals surface area (Å²) in [6, 6.07) is 5.13. The number of rotatable bonds is 5. The zero-order valence-electron chi connectivity index (χ0n) is 14.8. The van der Waals surface area contributed by atoms with Gasteiger partial charge in [-0.3, -0.25) is 19.6 Å². The van der Waals surface area contributed by atoms with Crippen molar-refractivity contribution in [3.8, 4) is 5.75 Å². The maximum Gasteiger partial charge on any atom is 0.267 e. The van der Waals surface area contributed by atoms with Crippen molar-refractivity contribution < 1.29 is 14.3 Å². The Morgan fingerprint density at radius 3 is 2.52 bits per heavy atom. The fourth-order valence-corrected chi connectivity index (χ4v) is 2.60. The van der Waals surface area contributed by atoms with E-state index in [0.717, 1.165) is 0 Å². The predicted molar refractivity (Wildman–Crippen MR) is 94.6 cm³/mol. The van der Waals surface area contributed by atoms with Gasteiger partial charge in [0, 0.05) is 23.6 Å². The molecule has 0 atom stereocenters. The molecule has 132 valence electrons. The fourth-order valence-electron chi connectivity index (χ4n) is 2.60. The van der Waals surface area contributed by atoms with Crippen LogP contribution in [0.25, 0.3) is 0 Å². The maximum absolute atomic E-state index is 12.5. The van der Waals surface area contributed by atoms with E-state index in [1.54, 1.807) is 24.4 Å². The zero-order chi connectivity index (χ0) is 18.6. The van der Waals surface area contributed by atoms with E-state index in [1.807, 2.05) is 20.8 Å². The molecule has 0 aromatic carbocycles. The third kappa shape index (κ3) is 4.32. The summed E-state index contributed by atoms with van der Waals surface area (Å²) in [7, 11) is 1.53. The Morgan fingerprint density at radius 1 is 1.20 bits per heavy atom. The summed E-state index contributed by atoms with van der Waals surface area (Å²) >= 11 is 0. The average Bonchev–Trinajstić information content (AvgIpc) is 2.54. The lowest BCUT2D eigenvalue weighted by molar-refractivity contribution is -0.115. The van der Waals surface area contributed by atoms with Crippen molar-refractivity contribution in [3.63, 3.8) is 0 Å². The van der Waals surface area contributed by atoms with Crippen LogP contribution in [0.4, 0.5) is 5.69 Å². The van der Waals surface area contributed by atoms with Gasteiger partial charge in [-0.25, -0.2) is 0 Å². The van der Waals surface area contributed by atoms with Gasteiger partial charge >= 0.3 is 0 Å². The number of hydrogen-bond acceptors (Lipinski definition) is 5. The van der Waals surface area contributed by atoms with Crippen LogP contribution in [0, 0.1) is 0 Å². The molecular formula is C18H22N4O3. The van der Waals surface area contributed by atoms with Crippen LogP contribution >= 0.6 is 0 Å². The topological polar surface area (TPSA) is 107 Å². The number of primary amides is 1. The van der Waals surface area contributed by atoms with Crippen LogP contribution < -0.4 is 15.8 Å². The number of anilines is 1. The summed E-state index contributed by atoms with van der Waals surface area (Å²) in [4.78, 5) is 32.4. The van der Waals surface area contributed by atoms with Crippen LogP contribution in [0.1, 0.15) is 42.5 Å². The SMILES string of the molecule is COc1cccnc1CC(=O)Nc1ccnc(C(N)=O)c1C(C)(C)C. The molecule has 0 bridgehead atoms. The summed E-state index contributed by atoms with van der Waals surface area (Å²) in [6.07, 6.45) is 3.09. The van der Waals surface area contributed by atoms with E-state index in [4.69, 9.17) is 10.5 Å². The lowest BCUT2D eigenvalue weighted by Gasteiger charge is -2.24. The Kier molecular flexibility index (Phi) is 5.36. The average molecular weight is 342 g/mol. The van der Waals surface area contributed by atoms with Gasteiger partial charge in [0.1, 0.15) is 11.4 Å². The summed E-state index contributed by atoms with van der Waals surface area (Å²) < 4.78 is 5.21. The Hall–Kier alpha value is -2.96. The lowest BCUT2D eigenvalue weighted by atomic mass is 9.84. The van der Waals surface area contributed by atoms with E-state index in [-0.39, 0.29) is 18.0 Å². The monoisotopic (exact) mass is 342 g/mol. The molecule has 0 unspecified atom stereocenters. The van der Waals surface area contributed by atoms with Crippen LogP contribution in [0.3, 0.4) is 0 Å². The van der Waals surface area contributed by atoms with Crippen molar-refractivity contribution in [1.29, 1.82) is 0 Å². The van der Waals surface area contributed by atoms with Crippen LogP contribution in [-0.2, 0) is 16.6 Å². The predicted octanol–water partition coefficient (Wildman–Crippen LogP) is 2.06. The second kappa shape index (κ2) is 7.29. The van der Waals surface area contributed by atoms with Crippen LogP contribution in [0.5, 0.6) is 5.75 Å². The summed E-state index contributed by atoms with van der Waals surface area (Å²) in [5, 5.41) is 2.83. The zero-order valence-corrected chi connectivity index (χ0v) is 14.8. The second-order valence-electron chi connectivity index (χ2n) is 6.57. The van der Waals surface area contributed by atoms with E-state index >= 15 is 0 Å². The summed E-state index contributed by atoms with van der Waals surface area (Å²) in [5.41, 5.74) is 6.80. The van der Waals surface area contributed by atoms with E-state index in [2.05, 4.69) is 15.3 Å². The van der Waals surface area contributed by atoms with E-state index in [1.165, 1.54) is 13.3 Å². The number of nitrogens with one attached hydrogen (secondary N) is 1. The summed E-state index contributed by atoms with van der Waals surface area (Å²) in [6.45, 7) is 5.77. The normalized spacial score (nSPS) is 11.0. The third-order valence-electron chi connectivity index (χ3n) is 3.60. The highest BCUT2D eigenvalue weighted by molar-refractivity contribution is 5.98. The Balaban J connectivity index is 2.32. The molecule has 2 heterocycles. The van der Waals surface area contributed by atoms with Gasteiger partial charge in [0.2, 0.25) is 5.91 Å². The van der Waals surface area contributed by atoms with Crippen molar-refractivity contribution in [2.45, 2.75) is 32.6 Å². The molecule has 2 amide bonds. The second-order valence-corrected chi connectivity index (χ2v) is 6.57. The molecule has 0 aliphatic carbocycles. The number of hydrogen-bond donors (Lipinski definition) is 2. The van der Waals surface area contributed by atoms with Gasteiger partial charge < -0.3 is 15.8 Å². The molecule has 0 fully saturated rings. The van der Waals surface area contributed by atoms with E-state index < -0.39 is 11.3 Å². The maximum atomic E-state index is 12.5. The minimum Gasteiger partial charge on any atom is -0.495 e. The molecule has 0 aliphatic heterocycles. The number of carbonyl (C=O) groups excluding carboxylic acids is 2. The van der Waals surface area contributed by atoms with Crippen molar-refractivity contribution >= 4 is 17.5 Å². The first-order valence-electron chi connectivity index (χ1n) is 7.81. The number of aromatic nitrogens is 2. The number of ether oxygens (including phenoxy) is 1. The molecule has 2 rings (SSSR count). The molecule has 0 saturated heterocycles. The molecule has 2 aromatic rings. The molecule has 3 N–H and O–H groups in total. The van der Waals surface area contributed by atoms with E-state index in [9.17, 15) is 9.59 Å². The van der Waals surface area contributed by atoms with Crippen molar-refractivity contribution in [1.82, 2.24) is 9.97 Å². The van der Waals surface area contributed by atoms with Gasteiger partial charge in [0.15, 0.2) is 0 Å². The van der Waals surface area contributed by atoms with Gasteiger partial charge in [-0.2, -0.15) is 0 Å². The number of pyridine rings is 2. The highest BCUT2D eigenvalue weighted by Gasteiger charge is 2.26. The molecule has 2 aromatic heterocycles. The van der Waals surface area contributed by atoms with Gasteiger partial charge in [0.05, 0.1) is 19.2 Å². The largest absolute Gasteiger partial charge is 0.495 e. The standard InChI is InChI=1S/C18H22N4O3/c1-18(2,3)15-11(7-9-21-16(15)17(19)24)22-14(23)10-12-13(25-4)6-5-8-20-12/h5-9H,10H2,1-4H3,(H2,19,24)(H,21,22,23). The Labute approximate surface area is 146 Å². The Morgan fingerprint density at radius 2 is 1.92 bits per heavy atom. The number of nitrogens with two attached hydrogens (primary N) is 1. The molecule has 7 nitrogen and oxygen atoms in total. The lowest BCUT2D eigenvalue weighted by Crippen LogP contribution is -2.26. The third-order valence-corrected chi connectivity index (χ3v) is 3.60. The van der Waals surface area contributed by atoms with Crippen molar-refractivity contribution in [2.24, 2.45) is 5.73 Å². The van der Waals surface area contributed by atoms with Gasteiger partial charge in [-0.05, 0) is 23.6 Å². The highest BCUT2D eigenvalue weighted by atomic mass is 16.5. The molecule has 25 heavy (non-hydrogen) atoms. The summed E-state index contributed by atoms with van der Waals surface area (Å²) in [5.74, 6) is -0.363. The van der Waals surface area contributed by atoms with Gasteiger partial charge in [0.25, 0.3) is 5.91 Å². The minimum atomic E-state index is -0.632. The number of amides is 2. The smallest absolute Gasteiger partial charge is 0.267 e. The fraction of sp³-hybridized carbons (Fsp3) is 0.333. The molecule has 0 saturated carbocycles. The van der Waals surface area contributed by atoms with Crippen LogP contribution in [0.15, 0.2) is 30.6 Å². The minimum absolute atomic E-state index is 0.0435. The first kappa shape index (κ1) is 18.4. The van der Waals surface area contributed by atoms with Gasteiger partial charge in [-0.1, -0.05) is 20.8 Å². The number of nitrogens with zero attached hydrogens (tertiary/aromatic N) is 2. The molecule has 0 aliphatic rings. The van der Waals surface area contributed by atoms with Crippen LogP contribution in [-0.4, -0.2) is 28.9 Å².